The maximum absolute atomic E-state index is 12.2. The molecule has 0 aromatic carbocycles. The summed E-state index contributed by atoms with van der Waals surface area (Å²) < 4.78 is 3.02. The summed E-state index contributed by atoms with van der Waals surface area (Å²) in [4.78, 5) is 22.2. The molecule has 0 radical (unpaired) electrons. The molecule has 0 aliphatic rings. The lowest BCUT2D eigenvalue weighted by Crippen LogP contribution is -2.24. The molecule has 0 fully saturated rings. The first kappa shape index (κ1) is 14.7. The van der Waals surface area contributed by atoms with E-state index < -0.39 is 11.0 Å². The van der Waals surface area contributed by atoms with Crippen molar-refractivity contribution in [3.8, 4) is 0 Å². The smallest absolute Gasteiger partial charge is 0.307 e. The molecule has 2 aromatic rings. The van der Waals surface area contributed by atoms with E-state index in [1.165, 1.54) is 10.9 Å². The Labute approximate surface area is 120 Å². The lowest BCUT2D eigenvalue weighted by atomic mass is 10.3. The Morgan fingerprint density at radius 2 is 2.19 bits per heavy atom. The molecule has 21 heavy (non-hydrogen) atoms. The van der Waals surface area contributed by atoms with Gasteiger partial charge < -0.3 is 5.32 Å². The van der Waals surface area contributed by atoms with Crippen LogP contribution in [0.4, 0.5) is 11.4 Å². The highest BCUT2D eigenvalue weighted by Crippen LogP contribution is 2.17. The van der Waals surface area contributed by atoms with E-state index >= 15 is 0 Å². The quantitative estimate of drug-likeness (QED) is 0.664. The molecule has 1 N–H and O–H groups in total. The Bertz CT molecular complexity index is 674. The fourth-order valence-electron chi connectivity index (χ4n) is 1.88. The Hall–Kier alpha value is -2.71. The number of carbonyl (C=O) groups is 1. The zero-order chi connectivity index (χ0) is 15.6. The van der Waals surface area contributed by atoms with Crippen LogP contribution in [0.2, 0.25) is 0 Å². The molecule has 1 unspecified atom stereocenters. The molecule has 9 heteroatoms. The van der Waals surface area contributed by atoms with Crippen LogP contribution in [-0.4, -0.2) is 30.4 Å². The summed E-state index contributed by atoms with van der Waals surface area (Å²) in [6.07, 6.45) is 3.92. The average Bonchev–Trinajstić information content (AvgIpc) is 3.06. The van der Waals surface area contributed by atoms with Gasteiger partial charge in [0.05, 0.1) is 22.5 Å². The summed E-state index contributed by atoms with van der Waals surface area (Å²) >= 11 is 0. The minimum absolute atomic E-state index is 0.148. The Morgan fingerprint density at radius 3 is 2.71 bits per heavy atom. The summed E-state index contributed by atoms with van der Waals surface area (Å²) in [5, 5.41) is 21.3. The molecule has 9 nitrogen and oxygen atoms in total. The van der Waals surface area contributed by atoms with E-state index in [4.69, 9.17) is 0 Å². The summed E-state index contributed by atoms with van der Waals surface area (Å²) in [7, 11) is 0. The van der Waals surface area contributed by atoms with Crippen LogP contribution in [-0.2, 0) is 11.3 Å². The van der Waals surface area contributed by atoms with Crippen molar-refractivity contribution in [3.05, 3.63) is 34.4 Å². The lowest BCUT2D eigenvalue weighted by Gasteiger charge is -2.12. The number of nitro groups is 1. The predicted molar refractivity (Wildman–Crippen MR) is 74.9 cm³/mol. The van der Waals surface area contributed by atoms with Gasteiger partial charge in [0.25, 0.3) is 0 Å². The van der Waals surface area contributed by atoms with Crippen molar-refractivity contribution in [1.29, 1.82) is 0 Å². The van der Waals surface area contributed by atoms with Gasteiger partial charge >= 0.3 is 5.69 Å². The molecule has 0 aliphatic carbocycles. The first-order chi connectivity index (χ1) is 9.93. The Balaban J connectivity index is 2.11. The van der Waals surface area contributed by atoms with E-state index in [1.807, 2.05) is 13.8 Å². The highest BCUT2D eigenvalue weighted by atomic mass is 16.6. The van der Waals surface area contributed by atoms with Crippen LogP contribution >= 0.6 is 0 Å². The van der Waals surface area contributed by atoms with Crippen LogP contribution < -0.4 is 5.32 Å². The molecule has 1 amide bonds. The topological polar surface area (TPSA) is 108 Å². The van der Waals surface area contributed by atoms with Crippen molar-refractivity contribution in [2.45, 2.75) is 33.4 Å². The molecule has 0 bridgehead atoms. The molecule has 0 aliphatic heterocycles. The van der Waals surface area contributed by atoms with Gasteiger partial charge in [-0.15, -0.1) is 0 Å². The summed E-state index contributed by atoms with van der Waals surface area (Å²) in [6.45, 7) is 6.14. The maximum atomic E-state index is 12.2. The van der Waals surface area contributed by atoms with Crippen molar-refractivity contribution >= 4 is 17.3 Å². The standard InChI is InChI=1S/C12H16N6O3/c1-4-16-8(2)11(6-14-16)15-12(19)9(3)17-7-10(5-13-17)18(20)21/h5-7,9H,4H2,1-3H3,(H,15,19). The van der Waals surface area contributed by atoms with Crippen molar-refractivity contribution in [2.24, 2.45) is 0 Å². The maximum Gasteiger partial charge on any atom is 0.307 e. The first-order valence-corrected chi connectivity index (χ1v) is 6.45. The van der Waals surface area contributed by atoms with E-state index in [0.717, 1.165) is 11.9 Å². The number of aromatic nitrogens is 4. The van der Waals surface area contributed by atoms with Crippen molar-refractivity contribution in [2.75, 3.05) is 5.32 Å². The first-order valence-electron chi connectivity index (χ1n) is 6.45. The van der Waals surface area contributed by atoms with E-state index in [-0.39, 0.29) is 11.6 Å². The molecule has 0 saturated carbocycles. The van der Waals surface area contributed by atoms with Crippen LogP contribution in [0, 0.1) is 17.0 Å². The van der Waals surface area contributed by atoms with Crippen molar-refractivity contribution < 1.29 is 9.72 Å². The van der Waals surface area contributed by atoms with Gasteiger partial charge in [-0.2, -0.15) is 10.2 Å². The van der Waals surface area contributed by atoms with Gasteiger partial charge in [-0.25, -0.2) is 0 Å². The third-order valence-corrected chi connectivity index (χ3v) is 3.24. The Kier molecular flexibility index (Phi) is 4.01. The number of hydrogen-bond donors (Lipinski definition) is 1. The zero-order valence-electron chi connectivity index (χ0n) is 12.0. The summed E-state index contributed by atoms with van der Waals surface area (Å²) in [6, 6.07) is -0.664. The molecular weight excluding hydrogens is 276 g/mol. The van der Waals surface area contributed by atoms with Crippen LogP contribution in [0.3, 0.4) is 0 Å². The monoisotopic (exact) mass is 292 g/mol. The third-order valence-electron chi connectivity index (χ3n) is 3.24. The summed E-state index contributed by atoms with van der Waals surface area (Å²) in [5.41, 5.74) is 1.32. The molecule has 1 atom stereocenters. The van der Waals surface area contributed by atoms with Crippen LogP contribution in [0.15, 0.2) is 18.6 Å². The van der Waals surface area contributed by atoms with E-state index in [1.54, 1.807) is 17.8 Å². The van der Waals surface area contributed by atoms with Gasteiger partial charge in [0.15, 0.2) is 0 Å². The number of rotatable bonds is 5. The number of amides is 1. The highest BCUT2D eigenvalue weighted by Gasteiger charge is 2.20. The number of anilines is 1. The largest absolute Gasteiger partial charge is 0.321 e. The second-order valence-electron chi connectivity index (χ2n) is 4.56. The fraction of sp³-hybridized carbons (Fsp3) is 0.417. The normalized spacial score (nSPS) is 12.1. The predicted octanol–water partition coefficient (Wildman–Crippen LogP) is 1.52. The number of nitrogens with one attached hydrogen (secondary N) is 1. The van der Waals surface area contributed by atoms with Gasteiger partial charge in [-0.05, 0) is 20.8 Å². The number of aryl methyl sites for hydroxylation is 1. The van der Waals surface area contributed by atoms with Gasteiger partial charge in [-0.1, -0.05) is 0 Å². The molecule has 112 valence electrons. The van der Waals surface area contributed by atoms with Gasteiger partial charge in [0.1, 0.15) is 18.4 Å². The minimum Gasteiger partial charge on any atom is -0.321 e. The van der Waals surface area contributed by atoms with Crippen LogP contribution in [0.1, 0.15) is 25.6 Å². The molecule has 2 aromatic heterocycles. The number of nitrogens with zero attached hydrogens (tertiary/aromatic N) is 5. The fourth-order valence-corrected chi connectivity index (χ4v) is 1.88. The second-order valence-corrected chi connectivity index (χ2v) is 4.56. The Morgan fingerprint density at radius 1 is 1.48 bits per heavy atom. The van der Waals surface area contributed by atoms with Crippen molar-refractivity contribution in [3.63, 3.8) is 0 Å². The minimum atomic E-state index is -0.664. The molecule has 0 spiro atoms. The van der Waals surface area contributed by atoms with Crippen molar-refractivity contribution in [1.82, 2.24) is 19.6 Å². The highest BCUT2D eigenvalue weighted by molar-refractivity contribution is 5.93. The van der Waals surface area contributed by atoms with Crippen LogP contribution in [0.25, 0.3) is 0 Å². The molecule has 0 saturated heterocycles. The van der Waals surface area contributed by atoms with Crippen LogP contribution in [0.5, 0.6) is 0 Å². The lowest BCUT2D eigenvalue weighted by molar-refractivity contribution is -0.385. The van der Waals surface area contributed by atoms with Gasteiger partial charge in [-0.3, -0.25) is 24.3 Å². The van der Waals surface area contributed by atoms with E-state index in [0.29, 0.717) is 12.2 Å². The second kappa shape index (κ2) is 5.73. The average molecular weight is 292 g/mol. The number of hydrogen-bond acceptors (Lipinski definition) is 5. The van der Waals surface area contributed by atoms with Gasteiger partial charge in [0, 0.05) is 6.54 Å². The SMILES string of the molecule is CCn1ncc(NC(=O)C(C)n2cc([N+](=O)[O-])cn2)c1C. The number of carbonyl (C=O) groups excluding carboxylic acids is 1. The van der Waals surface area contributed by atoms with Gasteiger partial charge in [0.2, 0.25) is 5.91 Å². The van der Waals surface area contributed by atoms with E-state index in [9.17, 15) is 14.9 Å². The zero-order valence-corrected chi connectivity index (χ0v) is 12.0. The molecule has 2 rings (SSSR count). The summed E-state index contributed by atoms with van der Waals surface area (Å²) in [5.74, 6) is -0.313. The molecule has 2 heterocycles. The third kappa shape index (κ3) is 2.91. The van der Waals surface area contributed by atoms with E-state index in [2.05, 4.69) is 15.5 Å². The molecular formula is C12H16N6O3.